The van der Waals surface area contributed by atoms with Gasteiger partial charge in [-0.25, -0.2) is 0 Å². The van der Waals surface area contributed by atoms with Crippen molar-refractivity contribution >= 4 is 17.9 Å². The molecule has 0 spiro atoms. The Balaban J connectivity index is 4.59. The summed E-state index contributed by atoms with van der Waals surface area (Å²) in [6, 6.07) is 0. The Morgan fingerprint density at radius 1 is 0.344 bits per heavy atom. The van der Waals surface area contributed by atoms with E-state index in [2.05, 4.69) is 45.1 Å². The quantitative estimate of drug-likeness (QED) is 0.0201. The van der Waals surface area contributed by atoms with Gasteiger partial charge in [0, 0.05) is 19.3 Å². The topological polar surface area (TPSA) is 78.9 Å². The van der Waals surface area contributed by atoms with Crippen LogP contribution in [0.25, 0.3) is 0 Å². The van der Waals surface area contributed by atoms with Gasteiger partial charge in [-0.15, -0.1) is 0 Å². The number of unbranched alkanes of at least 4 members (excludes halogenated alkanes) is 15. The maximum absolute atomic E-state index is 12.7. The van der Waals surface area contributed by atoms with E-state index >= 15 is 0 Å². The van der Waals surface area contributed by atoms with Gasteiger partial charge in [-0.3, -0.25) is 14.4 Å². The molecule has 0 amide bonds. The van der Waals surface area contributed by atoms with Gasteiger partial charge in [0.15, 0.2) is 6.10 Å². The number of carbonyl (C=O) groups is 3. The number of hydrogen-bond donors (Lipinski definition) is 0. The second-order valence-electron chi connectivity index (χ2n) is 15.1. The lowest BCUT2D eigenvalue weighted by molar-refractivity contribution is -0.167. The van der Waals surface area contributed by atoms with E-state index in [0.717, 1.165) is 38.5 Å². The third-order valence-corrected chi connectivity index (χ3v) is 9.38. The summed E-state index contributed by atoms with van der Waals surface area (Å²) in [5.74, 6) is -1.11. The summed E-state index contributed by atoms with van der Waals surface area (Å²) in [5.41, 5.74) is 0. The Morgan fingerprint density at radius 2 is 0.672 bits per heavy atom. The molecule has 6 heteroatoms. The van der Waals surface area contributed by atoms with Crippen molar-refractivity contribution in [1.29, 1.82) is 0 Å². The molecule has 6 nitrogen and oxygen atoms in total. The first kappa shape index (κ1) is 56.5. The van der Waals surface area contributed by atoms with Crippen LogP contribution in [-0.4, -0.2) is 37.2 Å². The van der Waals surface area contributed by atoms with Gasteiger partial charge >= 0.3 is 17.9 Å². The van der Waals surface area contributed by atoms with Crippen molar-refractivity contribution in [2.24, 2.45) is 0 Å². The normalized spacial score (nSPS) is 13.3. The van der Waals surface area contributed by atoms with Crippen LogP contribution in [-0.2, 0) is 28.6 Å². The number of carbonyl (C=O) groups excluding carboxylic acids is 3. The van der Waals surface area contributed by atoms with Crippen LogP contribution in [0.5, 0.6) is 0 Å². The predicted octanol–water partition coefficient (Wildman–Crippen LogP) is 15.5. The zero-order valence-electron chi connectivity index (χ0n) is 38.6. The van der Waals surface area contributed by atoms with Crippen LogP contribution in [0.15, 0.2) is 134 Å². The Bertz CT molecular complexity index is 1380. The van der Waals surface area contributed by atoms with E-state index in [4.69, 9.17) is 14.2 Å². The Kier molecular flexibility index (Phi) is 44.7. The molecule has 0 aromatic heterocycles. The number of hydrogen-bond acceptors (Lipinski definition) is 6. The summed E-state index contributed by atoms with van der Waals surface area (Å²) in [7, 11) is 0. The highest BCUT2D eigenvalue weighted by atomic mass is 16.6. The van der Waals surface area contributed by atoms with E-state index in [0.29, 0.717) is 25.7 Å². The van der Waals surface area contributed by atoms with Gasteiger partial charge in [0.1, 0.15) is 13.2 Å². The zero-order valence-corrected chi connectivity index (χ0v) is 38.6. The van der Waals surface area contributed by atoms with E-state index in [9.17, 15) is 14.4 Å². The third-order valence-electron chi connectivity index (χ3n) is 9.38. The molecule has 1 unspecified atom stereocenters. The fourth-order valence-corrected chi connectivity index (χ4v) is 5.85. The monoisotopic (exact) mass is 841 g/mol. The minimum atomic E-state index is -0.849. The first-order valence-electron chi connectivity index (χ1n) is 23.8. The van der Waals surface area contributed by atoms with E-state index in [1.807, 2.05) is 109 Å². The van der Waals surface area contributed by atoms with Crippen LogP contribution < -0.4 is 0 Å². The van der Waals surface area contributed by atoms with E-state index in [1.54, 1.807) is 0 Å². The Morgan fingerprint density at radius 3 is 1.10 bits per heavy atom. The highest BCUT2D eigenvalue weighted by molar-refractivity contribution is 5.71. The molecule has 0 aliphatic carbocycles. The molecule has 0 radical (unpaired) electrons. The minimum absolute atomic E-state index is 0.137. The maximum Gasteiger partial charge on any atom is 0.306 e. The summed E-state index contributed by atoms with van der Waals surface area (Å²) in [5, 5.41) is 0. The molecule has 0 aromatic carbocycles. The van der Waals surface area contributed by atoms with Crippen LogP contribution in [0, 0.1) is 0 Å². The molecule has 0 aliphatic heterocycles. The first-order valence-corrected chi connectivity index (χ1v) is 23.8. The Hall–Kier alpha value is -4.45. The zero-order chi connectivity index (χ0) is 44.4. The van der Waals surface area contributed by atoms with Gasteiger partial charge in [0.05, 0.1) is 0 Å². The van der Waals surface area contributed by atoms with Crippen molar-refractivity contribution in [3.63, 3.8) is 0 Å². The van der Waals surface area contributed by atoms with Crippen LogP contribution >= 0.6 is 0 Å². The average molecular weight is 841 g/mol. The number of allylic oxidation sites excluding steroid dienone is 22. The van der Waals surface area contributed by atoms with Gasteiger partial charge in [-0.1, -0.05) is 219 Å². The van der Waals surface area contributed by atoms with Crippen LogP contribution in [0.1, 0.15) is 175 Å². The SMILES string of the molecule is CC\C=C/C=C\C=C/C=C\C=C/CCCC(=O)OCC(COC(=O)CCCCCCCCC/C=C\CCCCCCCC)OC(=O)CCC\C=C/C=C\C=C/C=C\C=C/CC. The van der Waals surface area contributed by atoms with Gasteiger partial charge < -0.3 is 14.2 Å². The second kappa shape index (κ2) is 48.2. The molecular weight excluding hydrogens is 757 g/mol. The van der Waals surface area contributed by atoms with E-state index in [-0.39, 0.29) is 38.0 Å². The van der Waals surface area contributed by atoms with Gasteiger partial charge in [-0.2, -0.15) is 0 Å². The number of ether oxygens (including phenoxy) is 3. The molecule has 0 bridgehead atoms. The Labute approximate surface area is 373 Å². The predicted molar refractivity (Wildman–Crippen MR) is 260 cm³/mol. The lowest BCUT2D eigenvalue weighted by Crippen LogP contribution is -2.30. The molecule has 0 rings (SSSR count). The van der Waals surface area contributed by atoms with Crippen LogP contribution in [0.4, 0.5) is 0 Å². The second-order valence-corrected chi connectivity index (χ2v) is 15.1. The molecule has 0 fully saturated rings. The number of esters is 3. The standard InChI is InChI=1S/C55H84O6/c1-4-7-10-13-16-19-22-25-26-27-28-31-33-36-39-42-45-48-54(57)60-51-52(61-55(58)49-46-43-40-37-34-30-24-21-18-15-12-9-6-3)50-59-53(56)47-44-41-38-35-32-29-23-20-17-14-11-8-5-2/h8-9,11-12,14-15,17-18,20-21,23-26,29-30,32,34-35,37-38,40,52H,4-7,10,13,16,19,22,27-28,31,33,36,39,41-51H2,1-3H3/b11-8-,12-9-,17-14-,18-15-,23-20-,24-21-,26-25-,32-29-,34-30-,38-35-,40-37-. The molecule has 61 heavy (non-hydrogen) atoms. The molecule has 1 atom stereocenters. The molecule has 0 aromatic rings. The van der Waals surface area contributed by atoms with Crippen LogP contribution in [0.3, 0.4) is 0 Å². The van der Waals surface area contributed by atoms with Gasteiger partial charge in [-0.05, 0) is 70.6 Å². The first-order chi connectivity index (χ1) is 30.0. The van der Waals surface area contributed by atoms with Crippen molar-refractivity contribution in [3.05, 3.63) is 134 Å². The molecule has 0 aliphatic rings. The number of rotatable bonds is 40. The molecule has 0 saturated heterocycles. The largest absolute Gasteiger partial charge is 0.462 e. The average Bonchev–Trinajstić information content (AvgIpc) is 3.26. The van der Waals surface area contributed by atoms with Gasteiger partial charge in [0.25, 0.3) is 0 Å². The fourth-order valence-electron chi connectivity index (χ4n) is 5.85. The van der Waals surface area contributed by atoms with Crippen molar-refractivity contribution in [3.8, 4) is 0 Å². The fraction of sp³-hybridized carbons (Fsp3) is 0.545. The summed E-state index contributed by atoms with van der Waals surface area (Å²) in [6.07, 6.45) is 67.4. The van der Waals surface area contributed by atoms with Crippen LogP contribution in [0.2, 0.25) is 0 Å². The molecule has 0 N–H and O–H groups in total. The lowest BCUT2D eigenvalue weighted by atomic mass is 10.1. The van der Waals surface area contributed by atoms with Gasteiger partial charge in [0.2, 0.25) is 0 Å². The molecule has 0 heterocycles. The summed E-state index contributed by atoms with van der Waals surface area (Å²) in [4.78, 5) is 37.8. The van der Waals surface area contributed by atoms with Crippen molar-refractivity contribution < 1.29 is 28.6 Å². The summed E-state index contributed by atoms with van der Waals surface area (Å²) < 4.78 is 16.6. The smallest absolute Gasteiger partial charge is 0.306 e. The summed E-state index contributed by atoms with van der Waals surface area (Å²) in [6.45, 7) is 6.18. The maximum atomic E-state index is 12.7. The molecule has 0 saturated carbocycles. The molecule has 340 valence electrons. The lowest BCUT2D eigenvalue weighted by Gasteiger charge is -2.18. The van der Waals surface area contributed by atoms with Crippen molar-refractivity contribution in [2.45, 2.75) is 181 Å². The highest BCUT2D eigenvalue weighted by Gasteiger charge is 2.19. The highest BCUT2D eigenvalue weighted by Crippen LogP contribution is 2.12. The third kappa shape index (κ3) is 46.5. The van der Waals surface area contributed by atoms with Crippen molar-refractivity contribution in [2.75, 3.05) is 13.2 Å². The van der Waals surface area contributed by atoms with E-state index in [1.165, 1.54) is 77.0 Å². The summed E-state index contributed by atoms with van der Waals surface area (Å²) >= 11 is 0. The minimum Gasteiger partial charge on any atom is -0.462 e. The molecular formula is C55H84O6. The van der Waals surface area contributed by atoms with E-state index < -0.39 is 12.1 Å². The van der Waals surface area contributed by atoms with Crippen molar-refractivity contribution in [1.82, 2.24) is 0 Å².